The van der Waals surface area contributed by atoms with Crippen LogP contribution in [0, 0.1) is 5.41 Å². The highest BCUT2D eigenvalue weighted by Crippen LogP contribution is 2.34. The molecule has 1 heterocycles. The third kappa shape index (κ3) is 4.58. The Morgan fingerprint density at radius 1 is 1.42 bits per heavy atom. The van der Waals surface area contributed by atoms with Gasteiger partial charge in [-0.05, 0) is 37.5 Å². The third-order valence-electron chi connectivity index (χ3n) is 4.04. The minimum atomic E-state index is 0.200. The van der Waals surface area contributed by atoms with Crippen LogP contribution in [-0.4, -0.2) is 32.7 Å². The fourth-order valence-corrected chi connectivity index (χ4v) is 2.61. The number of aliphatic hydroxyl groups excluding tert-OH is 1. The lowest BCUT2D eigenvalue weighted by Crippen LogP contribution is -2.35. The molecular formula is C14H26N4O. The van der Waals surface area contributed by atoms with Crippen LogP contribution in [0.1, 0.15) is 51.6 Å². The summed E-state index contributed by atoms with van der Waals surface area (Å²) in [6, 6.07) is 0.621. The molecule has 1 aliphatic carbocycles. The first kappa shape index (κ1) is 14.5. The summed E-state index contributed by atoms with van der Waals surface area (Å²) in [5.74, 6) is 0. The molecule has 0 saturated heterocycles. The van der Waals surface area contributed by atoms with Crippen molar-refractivity contribution in [1.29, 1.82) is 0 Å². The number of aromatic nitrogens is 3. The van der Waals surface area contributed by atoms with E-state index in [0.29, 0.717) is 11.5 Å². The van der Waals surface area contributed by atoms with Crippen molar-refractivity contribution in [2.75, 3.05) is 6.61 Å². The largest absolute Gasteiger partial charge is 0.396 e. The molecule has 2 rings (SSSR count). The molecule has 5 nitrogen and oxygen atoms in total. The summed E-state index contributed by atoms with van der Waals surface area (Å²) < 4.78 is 1.80. The molecule has 1 aromatic heterocycles. The SMILES string of the molecule is CC1(C)CCC(NCc2cn(CCCO)nn2)CC1. The van der Waals surface area contributed by atoms with Gasteiger partial charge < -0.3 is 10.4 Å². The van der Waals surface area contributed by atoms with E-state index in [4.69, 9.17) is 5.11 Å². The summed E-state index contributed by atoms with van der Waals surface area (Å²) in [6.45, 7) is 6.45. The zero-order valence-corrected chi connectivity index (χ0v) is 12.1. The quantitative estimate of drug-likeness (QED) is 0.823. The molecule has 0 aromatic carbocycles. The van der Waals surface area contributed by atoms with Gasteiger partial charge in [-0.25, -0.2) is 0 Å². The van der Waals surface area contributed by atoms with Crippen molar-refractivity contribution in [2.24, 2.45) is 5.41 Å². The highest BCUT2D eigenvalue weighted by molar-refractivity contribution is 4.93. The van der Waals surface area contributed by atoms with E-state index in [-0.39, 0.29) is 6.61 Å². The van der Waals surface area contributed by atoms with Gasteiger partial charge in [0.2, 0.25) is 0 Å². The smallest absolute Gasteiger partial charge is 0.0964 e. The normalized spacial score (nSPS) is 19.7. The van der Waals surface area contributed by atoms with Crippen molar-refractivity contribution in [3.8, 4) is 0 Å². The van der Waals surface area contributed by atoms with E-state index < -0.39 is 0 Å². The van der Waals surface area contributed by atoms with Gasteiger partial charge in [-0.3, -0.25) is 4.68 Å². The van der Waals surface area contributed by atoms with E-state index in [0.717, 1.165) is 25.2 Å². The summed E-state index contributed by atoms with van der Waals surface area (Å²) >= 11 is 0. The topological polar surface area (TPSA) is 63.0 Å². The molecule has 108 valence electrons. The second kappa shape index (κ2) is 6.48. The first-order valence-corrected chi connectivity index (χ1v) is 7.32. The summed E-state index contributed by atoms with van der Waals surface area (Å²) in [7, 11) is 0. The van der Waals surface area contributed by atoms with Crippen LogP contribution in [0.2, 0.25) is 0 Å². The molecule has 2 N–H and O–H groups in total. The van der Waals surface area contributed by atoms with Crippen LogP contribution in [0.3, 0.4) is 0 Å². The van der Waals surface area contributed by atoms with Gasteiger partial charge in [0, 0.05) is 31.9 Å². The first-order valence-electron chi connectivity index (χ1n) is 7.32. The molecular weight excluding hydrogens is 240 g/mol. The Labute approximate surface area is 115 Å². The Hall–Kier alpha value is -0.940. The van der Waals surface area contributed by atoms with E-state index in [2.05, 4.69) is 29.5 Å². The van der Waals surface area contributed by atoms with Gasteiger partial charge in [-0.15, -0.1) is 5.10 Å². The summed E-state index contributed by atoms with van der Waals surface area (Å²) in [6.07, 6.45) is 7.81. The van der Waals surface area contributed by atoms with Crippen LogP contribution >= 0.6 is 0 Å². The molecule has 1 fully saturated rings. The standard InChI is InChI=1S/C14H26N4O/c1-14(2)6-4-12(5-7-14)15-10-13-11-18(17-16-13)8-3-9-19/h11-12,15,19H,3-10H2,1-2H3. The molecule has 5 heteroatoms. The lowest BCUT2D eigenvalue weighted by molar-refractivity contribution is 0.205. The van der Waals surface area contributed by atoms with Crippen molar-refractivity contribution < 1.29 is 5.11 Å². The molecule has 0 unspecified atom stereocenters. The predicted molar refractivity (Wildman–Crippen MR) is 74.6 cm³/mol. The van der Waals surface area contributed by atoms with Gasteiger partial charge in [-0.1, -0.05) is 19.1 Å². The lowest BCUT2D eigenvalue weighted by Gasteiger charge is -2.34. The minimum absolute atomic E-state index is 0.200. The average molecular weight is 266 g/mol. The maximum absolute atomic E-state index is 8.78. The molecule has 0 amide bonds. The van der Waals surface area contributed by atoms with E-state index in [1.165, 1.54) is 25.7 Å². The van der Waals surface area contributed by atoms with Crippen LogP contribution in [0.4, 0.5) is 0 Å². The van der Waals surface area contributed by atoms with E-state index in [1.807, 2.05) is 6.20 Å². The monoisotopic (exact) mass is 266 g/mol. The van der Waals surface area contributed by atoms with Crippen LogP contribution < -0.4 is 5.32 Å². The summed E-state index contributed by atoms with van der Waals surface area (Å²) in [4.78, 5) is 0. The number of aliphatic hydroxyl groups is 1. The van der Waals surface area contributed by atoms with Gasteiger partial charge in [-0.2, -0.15) is 0 Å². The maximum Gasteiger partial charge on any atom is 0.0964 e. The lowest BCUT2D eigenvalue weighted by atomic mass is 9.75. The van der Waals surface area contributed by atoms with E-state index in [1.54, 1.807) is 4.68 Å². The maximum atomic E-state index is 8.78. The second-order valence-corrected chi connectivity index (χ2v) is 6.37. The van der Waals surface area contributed by atoms with Crippen molar-refractivity contribution in [3.63, 3.8) is 0 Å². The number of aryl methyl sites for hydroxylation is 1. The Kier molecular flexibility index (Phi) is 4.93. The highest BCUT2D eigenvalue weighted by Gasteiger charge is 2.26. The van der Waals surface area contributed by atoms with Gasteiger partial charge in [0.25, 0.3) is 0 Å². The molecule has 0 spiro atoms. The van der Waals surface area contributed by atoms with Crippen molar-refractivity contribution in [1.82, 2.24) is 20.3 Å². The van der Waals surface area contributed by atoms with Crippen LogP contribution in [0.5, 0.6) is 0 Å². The first-order chi connectivity index (χ1) is 9.09. The number of rotatable bonds is 6. The zero-order chi connectivity index (χ0) is 13.7. The molecule has 19 heavy (non-hydrogen) atoms. The number of hydrogen-bond donors (Lipinski definition) is 2. The van der Waals surface area contributed by atoms with E-state index >= 15 is 0 Å². The van der Waals surface area contributed by atoms with E-state index in [9.17, 15) is 0 Å². The Morgan fingerprint density at radius 2 is 2.16 bits per heavy atom. The molecule has 0 atom stereocenters. The average Bonchev–Trinajstić information content (AvgIpc) is 2.83. The molecule has 1 aliphatic rings. The van der Waals surface area contributed by atoms with Crippen molar-refractivity contribution >= 4 is 0 Å². The second-order valence-electron chi connectivity index (χ2n) is 6.37. The molecule has 0 radical (unpaired) electrons. The predicted octanol–water partition coefficient (Wildman–Crippen LogP) is 1.72. The van der Waals surface area contributed by atoms with Crippen molar-refractivity contribution in [2.45, 2.75) is 65.1 Å². The molecule has 1 saturated carbocycles. The third-order valence-corrected chi connectivity index (χ3v) is 4.04. The number of hydrogen-bond acceptors (Lipinski definition) is 4. The Bertz CT molecular complexity index is 379. The molecule has 1 aromatic rings. The van der Waals surface area contributed by atoms with Gasteiger partial charge in [0.05, 0.1) is 5.69 Å². The van der Waals surface area contributed by atoms with Gasteiger partial charge in [0.15, 0.2) is 0 Å². The number of nitrogens with one attached hydrogen (secondary N) is 1. The van der Waals surface area contributed by atoms with Gasteiger partial charge in [0.1, 0.15) is 0 Å². The molecule has 0 aliphatic heterocycles. The highest BCUT2D eigenvalue weighted by atomic mass is 16.3. The summed E-state index contributed by atoms with van der Waals surface area (Å²) in [5, 5.41) is 20.6. The fourth-order valence-electron chi connectivity index (χ4n) is 2.61. The fraction of sp³-hybridized carbons (Fsp3) is 0.857. The van der Waals surface area contributed by atoms with Crippen LogP contribution in [-0.2, 0) is 13.1 Å². The number of nitrogens with zero attached hydrogens (tertiary/aromatic N) is 3. The minimum Gasteiger partial charge on any atom is -0.396 e. The van der Waals surface area contributed by atoms with Gasteiger partial charge >= 0.3 is 0 Å². The summed E-state index contributed by atoms with van der Waals surface area (Å²) in [5.41, 5.74) is 1.51. The Balaban J connectivity index is 1.72. The molecule has 0 bridgehead atoms. The zero-order valence-electron chi connectivity index (χ0n) is 12.1. The van der Waals surface area contributed by atoms with Crippen molar-refractivity contribution in [3.05, 3.63) is 11.9 Å². The van der Waals surface area contributed by atoms with Crippen LogP contribution in [0.15, 0.2) is 6.20 Å². The van der Waals surface area contributed by atoms with Crippen LogP contribution in [0.25, 0.3) is 0 Å². The Morgan fingerprint density at radius 3 is 2.84 bits per heavy atom.